The summed E-state index contributed by atoms with van der Waals surface area (Å²) >= 11 is 0. The lowest BCUT2D eigenvalue weighted by Crippen LogP contribution is -2.25. The number of nitriles is 1. The highest BCUT2D eigenvalue weighted by molar-refractivity contribution is 5.68. The molecule has 142 valence electrons. The summed E-state index contributed by atoms with van der Waals surface area (Å²) in [4.78, 5) is 4.34. The van der Waals surface area contributed by atoms with Crippen molar-refractivity contribution < 1.29 is 0 Å². The highest BCUT2D eigenvalue weighted by atomic mass is 14.6. The molecule has 1 unspecified atom stereocenters. The molecular formula is C26H28N2. The Hall–Kier alpha value is -2.92. The summed E-state index contributed by atoms with van der Waals surface area (Å²) in [6, 6.07) is 23.5. The molecule has 3 rings (SSSR count). The van der Waals surface area contributed by atoms with Crippen LogP contribution < -0.4 is 0 Å². The summed E-state index contributed by atoms with van der Waals surface area (Å²) in [6.45, 7) is 4.35. The van der Waals surface area contributed by atoms with Crippen molar-refractivity contribution in [1.29, 1.82) is 5.26 Å². The number of benzene rings is 2. The van der Waals surface area contributed by atoms with Gasteiger partial charge in [-0.3, -0.25) is 4.98 Å². The Kier molecular flexibility index (Phi) is 6.61. The molecule has 28 heavy (non-hydrogen) atoms. The number of aromatic nitrogens is 1. The van der Waals surface area contributed by atoms with Crippen LogP contribution in [-0.4, -0.2) is 4.98 Å². The van der Waals surface area contributed by atoms with Crippen molar-refractivity contribution in [1.82, 2.24) is 4.98 Å². The van der Waals surface area contributed by atoms with Gasteiger partial charge in [-0.15, -0.1) is 0 Å². The third kappa shape index (κ3) is 3.99. The molecule has 2 nitrogen and oxygen atoms in total. The number of aryl methyl sites for hydroxylation is 1. The summed E-state index contributed by atoms with van der Waals surface area (Å²) in [5.41, 5.74) is 5.18. The molecule has 0 spiro atoms. The van der Waals surface area contributed by atoms with E-state index in [0.29, 0.717) is 0 Å². The predicted octanol–water partition coefficient (Wildman–Crippen LogP) is 6.70. The van der Waals surface area contributed by atoms with Crippen LogP contribution in [0.4, 0.5) is 0 Å². The Balaban J connectivity index is 2.11. The van der Waals surface area contributed by atoms with E-state index >= 15 is 0 Å². The molecule has 0 aliphatic carbocycles. The number of nitrogens with zero attached hydrogens (tertiary/aromatic N) is 2. The average molecular weight is 369 g/mol. The summed E-state index contributed by atoms with van der Waals surface area (Å²) < 4.78 is 0. The second-order valence-corrected chi connectivity index (χ2v) is 7.35. The minimum absolute atomic E-state index is 0.622. The van der Waals surface area contributed by atoms with Crippen LogP contribution in [0, 0.1) is 11.3 Å². The van der Waals surface area contributed by atoms with Gasteiger partial charge in [-0.1, -0.05) is 75.2 Å². The highest BCUT2D eigenvalue weighted by Crippen LogP contribution is 2.38. The third-order valence-electron chi connectivity index (χ3n) is 5.45. The van der Waals surface area contributed by atoms with Crippen LogP contribution in [0.2, 0.25) is 0 Å². The van der Waals surface area contributed by atoms with E-state index in [2.05, 4.69) is 67.4 Å². The predicted molar refractivity (Wildman–Crippen MR) is 116 cm³/mol. The third-order valence-corrected chi connectivity index (χ3v) is 5.45. The molecule has 2 aromatic carbocycles. The fraction of sp³-hybridized carbons (Fsp3) is 0.308. The summed E-state index contributed by atoms with van der Waals surface area (Å²) in [6.07, 6.45) is 8.94. The zero-order valence-corrected chi connectivity index (χ0v) is 16.9. The van der Waals surface area contributed by atoms with Gasteiger partial charge in [0.15, 0.2) is 0 Å². The van der Waals surface area contributed by atoms with Gasteiger partial charge in [0.2, 0.25) is 0 Å². The SMILES string of the molecule is CCCCc1cnccc1-c1cccc(C(C#N)(CCC)c2ccccc2)c1. The van der Waals surface area contributed by atoms with Gasteiger partial charge < -0.3 is 0 Å². The summed E-state index contributed by atoms with van der Waals surface area (Å²) in [5, 5.41) is 10.3. The van der Waals surface area contributed by atoms with E-state index in [-0.39, 0.29) is 0 Å². The zero-order chi connectivity index (χ0) is 19.8. The van der Waals surface area contributed by atoms with Gasteiger partial charge in [-0.05, 0) is 59.2 Å². The van der Waals surface area contributed by atoms with Crippen molar-refractivity contribution in [2.24, 2.45) is 0 Å². The minimum atomic E-state index is -0.622. The van der Waals surface area contributed by atoms with Crippen LogP contribution in [0.15, 0.2) is 73.1 Å². The molecule has 2 heteroatoms. The maximum atomic E-state index is 10.3. The molecule has 0 fully saturated rings. The number of hydrogen-bond donors (Lipinski definition) is 0. The molecule has 0 saturated heterocycles. The van der Waals surface area contributed by atoms with Gasteiger partial charge in [-0.2, -0.15) is 5.26 Å². The van der Waals surface area contributed by atoms with Gasteiger partial charge in [0.1, 0.15) is 5.41 Å². The van der Waals surface area contributed by atoms with Crippen molar-refractivity contribution in [2.75, 3.05) is 0 Å². The lowest BCUT2D eigenvalue weighted by Gasteiger charge is -2.28. The minimum Gasteiger partial charge on any atom is -0.264 e. The van der Waals surface area contributed by atoms with E-state index in [4.69, 9.17) is 0 Å². The summed E-state index contributed by atoms with van der Waals surface area (Å²) in [7, 11) is 0. The first-order chi connectivity index (χ1) is 13.7. The topological polar surface area (TPSA) is 36.7 Å². The molecular weight excluding hydrogens is 340 g/mol. The second-order valence-electron chi connectivity index (χ2n) is 7.35. The normalized spacial score (nSPS) is 12.9. The molecule has 0 bridgehead atoms. The van der Waals surface area contributed by atoms with E-state index in [1.165, 1.54) is 11.1 Å². The number of hydrogen-bond acceptors (Lipinski definition) is 2. The maximum Gasteiger partial charge on any atom is 0.107 e. The molecule has 3 aromatic rings. The van der Waals surface area contributed by atoms with Gasteiger partial charge >= 0.3 is 0 Å². The molecule has 1 atom stereocenters. The number of unbranched alkanes of at least 4 members (excludes halogenated alkanes) is 1. The first kappa shape index (κ1) is 19.8. The molecule has 0 N–H and O–H groups in total. The maximum absolute atomic E-state index is 10.3. The van der Waals surface area contributed by atoms with Crippen LogP contribution in [-0.2, 0) is 11.8 Å². The van der Waals surface area contributed by atoms with E-state index in [9.17, 15) is 5.26 Å². The van der Waals surface area contributed by atoms with Gasteiger partial charge in [-0.25, -0.2) is 0 Å². The van der Waals surface area contributed by atoms with Crippen LogP contribution in [0.3, 0.4) is 0 Å². The van der Waals surface area contributed by atoms with E-state index < -0.39 is 5.41 Å². The van der Waals surface area contributed by atoms with E-state index in [1.54, 1.807) is 0 Å². The second kappa shape index (κ2) is 9.33. The Morgan fingerprint density at radius 1 is 0.929 bits per heavy atom. The molecule has 1 aromatic heterocycles. The standard InChI is InChI=1S/C26H28N2/c1-3-5-10-22-19-28-17-15-25(22)21-11-9-14-24(18-21)26(20-27,16-4-2)23-12-7-6-8-13-23/h6-9,11-15,17-19H,3-5,10,16H2,1-2H3. The van der Waals surface area contributed by atoms with Crippen LogP contribution >= 0.6 is 0 Å². The number of pyridine rings is 1. The van der Waals surface area contributed by atoms with Crippen molar-refractivity contribution in [3.05, 3.63) is 89.7 Å². The van der Waals surface area contributed by atoms with Gasteiger partial charge in [0.25, 0.3) is 0 Å². The van der Waals surface area contributed by atoms with Crippen molar-refractivity contribution in [3.63, 3.8) is 0 Å². The molecule has 0 aliphatic rings. The van der Waals surface area contributed by atoms with E-state index in [1.807, 2.05) is 30.6 Å². The number of rotatable bonds is 8. The highest BCUT2D eigenvalue weighted by Gasteiger charge is 2.33. The zero-order valence-electron chi connectivity index (χ0n) is 16.9. The van der Waals surface area contributed by atoms with Crippen LogP contribution in [0.25, 0.3) is 11.1 Å². The molecule has 0 amide bonds. The first-order valence-corrected chi connectivity index (χ1v) is 10.3. The molecule has 0 radical (unpaired) electrons. The van der Waals surface area contributed by atoms with Crippen molar-refractivity contribution >= 4 is 0 Å². The Morgan fingerprint density at radius 2 is 1.71 bits per heavy atom. The fourth-order valence-corrected chi connectivity index (χ4v) is 3.97. The Bertz CT molecular complexity index is 940. The first-order valence-electron chi connectivity index (χ1n) is 10.3. The van der Waals surface area contributed by atoms with Gasteiger partial charge in [0, 0.05) is 12.4 Å². The largest absolute Gasteiger partial charge is 0.264 e. The fourth-order valence-electron chi connectivity index (χ4n) is 3.97. The Morgan fingerprint density at radius 3 is 2.43 bits per heavy atom. The smallest absolute Gasteiger partial charge is 0.107 e. The van der Waals surface area contributed by atoms with Crippen LogP contribution in [0.5, 0.6) is 0 Å². The molecule has 0 saturated carbocycles. The monoisotopic (exact) mass is 368 g/mol. The average Bonchev–Trinajstić information content (AvgIpc) is 2.77. The van der Waals surface area contributed by atoms with Crippen molar-refractivity contribution in [3.8, 4) is 17.2 Å². The summed E-state index contributed by atoms with van der Waals surface area (Å²) in [5.74, 6) is 0. The molecule has 1 heterocycles. The quantitative estimate of drug-likeness (QED) is 0.443. The van der Waals surface area contributed by atoms with Crippen LogP contribution in [0.1, 0.15) is 56.2 Å². The lowest BCUT2D eigenvalue weighted by atomic mass is 9.72. The lowest BCUT2D eigenvalue weighted by molar-refractivity contribution is 0.582. The Labute approximate surface area is 168 Å². The van der Waals surface area contributed by atoms with E-state index in [0.717, 1.165) is 48.8 Å². The molecule has 0 aliphatic heterocycles. The van der Waals surface area contributed by atoms with Gasteiger partial charge in [0.05, 0.1) is 6.07 Å². The van der Waals surface area contributed by atoms with Crippen molar-refractivity contribution in [2.45, 2.75) is 51.4 Å².